The summed E-state index contributed by atoms with van der Waals surface area (Å²) in [6.07, 6.45) is -5.86. The highest BCUT2D eigenvalue weighted by molar-refractivity contribution is 5.73. The molecular weight excluding hydrogens is 552 g/mol. The second kappa shape index (κ2) is 12.1. The Hall–Kier alpha value is -3.82. The number of carboxylic acids is 2. The molecule has 10 nitrogen and oxygen atoms in total. The lowest BCUT2D eigenvalue weighted by molar-refractivity contribution is -0.193. The Morgan fingerprint density at radius 1 is 1.00 bits per heavy atom. The maximum atomic E-state index is 10.6. The van der Waals surface area contributed by atoms with Crippen molar-refractivity contribution in [2.75, 3.05) is 37.4 Å². The van der Waals surface area contributed by atoms with Crippen molar-refractivity contribution in [3.05, 3.63) is 42.1 Å². The quantitative estimate of drug-likeness (QED) is 0.463. The summed E-state index contributed by atoms with van der Waals surface area (Å²) in [4.78, 5) is 32.0. The van der Waals surface area contributed by atoms with Crippen molar-refractivity contribution in [2.24, 2.45) is 5.92 Å². The van der Waals surface area contributed by atoms with E-state index in [1.807, 2.05) is 6.07 Å². The smallest absolute Gasteiger partial charge is 0.490 e. The highest BCUT2D eigenvalue weighted by Gasteiger charge is 2.54. The first-order valence-electron chi connectivity index (χ1n) is 12.0. The van der Waals surface area contributed by atoms with E-state index in [0.717, 1.165) is 18.2 Å². The van der Waals surface area contributed by atoms with Gasteiger partial charge >= 0.3 is 24.3 Å². The van der Waals surface area contributed by atoms with Crippen molar-refractivity contribution >= 4 is 23.7 Å². The molecule has 5 heterocycles. The van der Waals surface area contributed by atoms with Crippen LogP contribution in [0.2, 0.25) is 0 Å². The van der Waals surface area contributed by atoms with Gasteiger partial charge in [0.15, 0.2) is 0 Å². The highest BCUT2D eigenvalue weighted by atomic mass is 19.4. The van der Waals surface area contributed by atoms with Gasteiger partial charge in [0.25, 0.3) is 0 Å². The van der Waals surface area contributed by atoms with Gasteiger partial charge in [0.05, 0.1) is 13.2 Å². The Bertz CT molecular complexity index is 1170. The normalized spacial score (nSPS) is 25.1. The molecule has 2 bridgehead atoms. The van der Waals surface area contributed by atoms with Crippen LogP contribution in [-0.2, 0) is 9.59 Å². The summed E-state index contributed by atoms with van der Waals surface area (Å²) in [6, 6.07) is 11.3. The Morgan fingerprint density at radius 2 is 1.57 bits per heavy atom. The lowest BCUT2D eigenvalue weighted by Crippen LogP contribution is -2.60. The van der Waals surface area contributed by atoms with Crippen LogP contribution in [0.3, 0.4) is 0 Å². The molecule has 220 valence electrons. The summed E-state index contributed by atoms with van der Waals surface area (Å²) in [5, 5.41) is 14.2. The van der Waals surface area contributed by atoms with Gasteiger partial charge in [-0.05, 0) is 55.6 Å². The lowest BCUT2D eigenvalue weighted by atomic mass is 9.75. The number of benzene rings is 1. The SMILES string of the molecule is COc1cccc([C@@H]2CN(c3nccc(N)n3)[C@@H]3C4CCN(CC4)[C@@H]32)c1.O=C(O)C(F)(F)F.O=C(O)C(F)(F)F. The summed E-state index contributed by atoms with van der Waals surface area (Å²) >= 11 is 0. The predicted octanol–water partition coefficient (Wildman–Crippen LogP) is 3.40. The van der Waals surface area contributed by atoms with Crippen LogP contribution in [0, 0.1) is 5.92 Å². The number of rotatable bonds is 3. The molecule has 6 rings (SSSR count). The van der Waals surface area contributed by atoms with E-state index < -0.39 is 24.3 Å². The molecule has 0 spiro atoms. The molecule has 0 unspecified atom stereocenters. The Kier molecular flexibility index (Phi) is 9.32. The molecule has 2 aromatic rings. The fraction of sp³-hybridized carbons (Fsp3) is 0.500. The minimum atomic E-state index is -5.08. The van der Waals surface area contributed by atoms with E-state index in [9.17, 15) is 26.3 Å². The van der Waals surface area contributed by atoms with Gasteiger partial charge in [0, 0.05) is 24.7 Å². The average molecular weight is 579 g/mol. The molecule has 3 atom stereocenters. The number of hydrogen-bond acceptors (Lipinski definition) is 8. The number of ether oxygens (including phenoxy) is 1. The van der Waals surface area contributed by atoms with Gasteiger partial charge in [0.2, 0.25) is 5.95 Å². The van der Waals surface area contributed by atoms with Crippen LogP contribution in [0.1, 0.15) is 24.3 Å². The van der Waals surface area contributed by atoms with Crippen LogP contribution in [-0.4, -0.2) is 88.2 Å². The van der Waals surface area contributed by atoms with Crippen molar-refractivity contribution in [3.63, 3.8) is 0 Å². The van der Waals surface area contributed by atoms with Crippen molar-refractivity contribution in [2.45, 2.75) is 43.2 Å². The van der Waals surface area contributed by atoms with Gasteiger partial charge in [0.1, 0.15) is 11.6 Å². The van der Waals surface area contributed by atoms with Crippen molar-refractivity contribution in [1.82, 2.24) is 14.9 Å². The minimum Gasteiger partial charge on any atom is -0.497 e. The third kappa shape index (κ3) is 7.22. The highest BCUT2D eigenvalue weighted by Crippen LogP contribution is 2.47. The van der Waals surface area contributed by atoms with Gasteiger partial charge in [-0.2, -0.15) is 31.3 Å². The van der Waals surface area contributed by atoms with Crippen LogP contribution in [0.4, 0.5) is 38.1 Å². The predicted molar refractivity (Wildman–Crippen MR) is 129 cm³/mol. The standard InChI is InChI=1S/C20H25N5O.2C2HF3O2/c1-26-15-4-2-3-14(11-15)16-12-25(20-22-8-5-17(21)23-20)18-13-6-9-24(10-7-13)19(16)18;2*3-2(4,5)1(6)7/h2-5,8,11,13,16,18-19H,6-7,9-10,12H2,1H3,(H2,21,22,23);2*(H,6,7)/t16-,18+,19+;;/m0../s1. The number of aromatic nitrogens is 2. The first-order valence-corrected chi connectivity index (χ1v) is 12.0. The van der Waals surface area contributed by atoms with E-state index in [0.29, 0.717) is 29.7 Å². The second-order valence-electron chi connectivity index (χ2n) is 9.28. The summed E-state index contributed by atoms with van der Waals surface area (Å²) in [7, 11) is 1.73. The first-order chi connectivity index (χ1) is 18.6. The van der Waals surface area contributed by atoms with E-state index in [1.165, 1.54) is 31.5 Å². The summed E-state index contributed by atoms with van der Waals surface area (Å²) < 4.78 is 68.9. The lowest BCUT2D eigenvalue weighted by Gasteiger charge is -2.51. The van der Waals surface area contributed by atoms with Gasteiger partial charge in [-0.3, -0.25) is 4.90 Å². The molecule has 0 aliphatic carbocycles. The maximum Gasteiger partial charge on any atom is 0.490 e. The molecule has 4 fully saturated rings. The van der Waals surface area contributed by atoms with Crippen molar-refractivity contribution in [1.29, 1.82) is 0 Å². The minimum absolute atomic E-state index is 0.434. The monoisotopic (exact) mass is 579 g/mol. The maximum absolute atomic E-state index is 10.6. The number of nitrogen functional groups attached to an aromatic ring is 1. The van der Waals surface area contributed by atoms with Crippen LogP contribution in [0.25, 0.3) is 0 Å². The number of hydrogen-bond donors (Lipinski definition) is 3. The number of nitrogens with two attached hydrogens (primary N) is 1. The van der Waals surface area contributed by atoms with Gasteiger partial charge < -0.3 is 25.6 Å². The molecule has 16 heteroatoms. The second-order valence-corrected chi connectivity index (χ2v) is 9.28. The largest absolute Gasteiger partial charge is 0.497 e. The number of carboxylic acid groups (broad SMARTS) is 2. The fourth-order valence-corrected chi connectivity index (χ4v) is 5.32. The topological polar surface area (TPSA) is 142 Å². The van der Waals surface area contributed by atoms with Crippen LogP contribution < -0.4 is 15.4 Å². The number of halogens is 6. The van der Waals surface area contributed by atoms with E-state index in [4.69, 9.17) is 30.3 Å². The number of alkyl halides is 6. The molecule has 40 heavy (non-hydrogen) atoms. The van der Waals surface area contributed by atoms with Crippen molar-refractivity contribution < 1.29 is 50.9 Å². The first kappa shape index (κ1) is 30.7. The van der Waals surface area contributed by atoms with E-state index in [-0.39, 0.29) is 0 Å². The zero-order valence-electron chi connectivity index (χ0n) is 21.1. The van der Waals surface area contributed by atoms with Gasteiger partial charge in [-0.1, -0.05) is 12.1 Å². The van der Waals surface area contributed by atoms with Gasteiger partial charge in [-0.25, -0.2) is 14.6 Å². The molecule has 1 aromatic carbocycles. The van der Waals surface area contributed by atoms with Gasteiger partial charge in [-0.15, -0.1) is 0 Å². The van der Waals surface area contributed by atoms with E-state index in [1.54, 1.807) is 19.4 Å². The summed E-state index contributed by atoms with van der Waals surface area (Å²) in [5.74, 6) is -2.13. The molecule has 0 saturated carbocycles. The third-order valence-electron chi connectivity index (χ3n) is 6.92. The average Bonchev–Trinajstić information content (AvgIpc) is 3.32. The number of piperidine rings is 3. The number of carbonyl (C=O) groups is 2. The molecule has 4 N–H and O–H groups in total. The van der Waals surface area contributed by atoms with E-state index >= 15 is 0 Å². The molecular formula is C24H27F6N5O5. The van der Waals surface area contributed by atoms with Crippen LogP contribution in [0.5, 0.6) is 5.75 Å². The molecule has 4 aliphatic rings. The Morgan fingerprint density at radius 3 is 2.08 bits per heavy atom. The summed E-state index contributed by atoms with van der Waals surface area (Å²) in [6.45, 7) is 3.34. The van der Waals surface area contributed by atoms with Crippen molar-refractivity contribution in [3.8, 4) is 5.75 Å². The zero-order chi connectivity index (χ0) is 29.8. The number of anilines is 2. The van der Waals surface area contributed by atoms with Crippen LogP contribution >= 0.6 is 0 Å². The zero-order valence-corrected chi connectivity index (χ0v) is 21.1. The third-order valence-corrected chi connectivity index (χ3v) is 6.92. The fourth-order valence-electron chi connectivity index (χ4n) is 5.32. The van der Waals surface area contributed by atoms with E-state index in [2.05, 4.69) is 38.0 Å². The Labute approximate surface area is 224 Å². The number of methoxy groups -OCH3 is 1. The van der Waals surface area contributed by atoms with Crippen LogP contribution in [0.15, 0.2) is 36.5 Å². The Balaban J connectivity index is 0.000000263. The molecule has 4 saturated heterocycles. The molecule has 1 aromatic heterocycles. The number of nitrogens with zero attached hydrogens (tertiary/aromatic N) is 4. The molecule has 0 amide bonds. The molecule has 4 aliphatic heterocycles. The summed E-state index contributed by atoms with van der Waals surface area (Å²) in [5.41, 5.74) is 7.29. The number of aliphatic carboxylic acids is 2. The molecule has 0 radical (unpaired) electrons. The number of fused-ring (bicyclic) bond motifs is 2.